The van der Waals surface area contributed by atoms with Crippen molar-refractivity contribution in [3.63, 3.8) is 0 Å². The molecule has 0 radical (unpaired) electrons. The van der Waals surface area contributed by atoms with E-state index in [1.807, 2.05) is 11.9 Å². The molecule has 0 aromatic rings. The van der Waals surface area contributed by atoms with Gasteiger partial charge in [0.25, 0.3) is 0 Å². The molecule has 0 aliphatic heterocycles. The minimum absolute atomic E-state index is 0.198. The molecule has 0 atom stereocenters. The SMILES string of the molecule is C=C(CS)CN(C)CCS(C)(=O)=O. The van der Waals surface area contributed by atoms with Crippen molar-refractivity contribution >= 4 is 22.5 Å². The molecular formula is C8H17NO2S2. The third-order valence-electron chi connectivity index (χ3n) is 1.56. The maximum absolute atomic E-state index is 10.8. The van der Waals surface area contributed by atoms with Crippen LogP contribution in [-0.4, -0.2) is 51.2 Å². The van der Waals surface area contributed by atoms with Crippen LogP contribution in [0.2, 0.25) is 0 Å². The van der Waals surface area contributed by atoms with Crippen LogP contribution in [0.1, 0.15) is 0 Å². The van der Waals surface area contributed by atoms with Gasteiger partial charge in [-0.1, -0.05) is 12.2 Å². The molecule has 0 spiro atoms. The van der Waals surface area contributed by atoms with Crippen LogP contribution >= 0.6 is 12.6 Å². The fourth-order valence-electron chi connectivity index (χ4n) is 0.832. The minimum Gasteiger partial charge on any atom is -0.301 e. The molecule has 0 bridgehead atoms. The summed E-state index contributed by atoms with van der Waals surface area (Å²) < 4.78 is 21.7. The van der Waals surface area contributed by atoms with Crippen molar-refractivity contribution in [2.24, 2.45) is 0 Å². The molecular weight excluding hydrogens is 206 g/mol. The third kappa shape index (κ3) is 8.33. The van der Waals surface area contributed by atoms with Crippen LogP contribution in [0.15, 0.2) is 12.2 Å². The molecule has 0 fully saturated rings. The number of likely N-dealkylation sites (N-methyl/N-ethyl adjacent to an activating group) is 1. The summed E-state index contributed by atoms with van der Waals surface area (Å²) in [7, 11) is -0.977. The van der Waals surface area contributed by atoms with E-state index in [9.17, 15) is 8.42 Å². The summed E-state index contributed by atoms with van der Waals surface area (Å²) in [6.07, 6.45) is 1.24. The standard InChI is InChI=1S/C8H17NO2S2/c1-8(7-12)6-9(2)4-5-13(3,10)11/h12H,1,4-7H2,2-3H3. The zero-order chi connectivity index (χ0) is 10.5. The highest BCUT2D eigenvalue weighted by atomic mass is 32.2. The molecule has 0 saturated carbocycles. The fraction of sp³-hybridized carbons (Fsp3) is 0.750. The lowest BCUT2D eigenvalue weighted by Gasteiger charge is -2.16. The molecule has 13 heavy (non-hydrogen) atoms. The van der Waals surface area contributed by atoms with E-state index < -0.39 is 9.84 Å². The second-order valence-electron chi connectivity index (χ2n) is 3.28. The monoisotopic (exact) mass is 223 g/mol. The van der Waals surface area contributed by atoms with Crippen molar-refractivity contribution in [2.45, 2.75) is 0 Å². The Morgan fingerprint density at radius 2 is 2.08 bits per heavy atom. The summed E-state index contributed by atoms with van der Waals surface area (Å²) in [5.74, 6) is 0.840. The summed E-state index contributed by atoms with van der Waals surface area (Å²) >= 11 is 4.07. The van der Waals surface area contributed by atoms with E-state index in [1.54, 1.807) is 0 Å². The van der Waals surface area contributed by atoms with Crippen LogP contribution in [0.3, 0.4) is 0 Å². The molecule has 3 nitrogen and oxygen atoms in total. The van der Waals surface area contributed by atoms with Gasteiger partial charge in [-0.3, -0.25) is 0 Å². The van der Waals surface area contributed by atoms with Gasteiger partial charge in [-0.25, -0.2) is 8.42 Å². The summed E-state index contributed by atoms with van der Waals surface area (Å²) in [5.41, 5.74) is 0.999. The van der Waals surface area contributed by atoms with E-state index in [2.05, 4.69) is 19.2 Å². The first kappa shape index (κ1) is 13.0. The Labute approximate surface area is 86.1 Å². The Morgan fingerprint density at radius 1 is 1.54 bits per heavy atom. The summed E-state index contributed by atoms with van der Waals surface area (Å²) in [6, 6.07) is 0. The normalized spacial score (nSPS) is 12.0. The molecule has 78 valence electrons. The average Bonchev–Trinajstić information content (AvgIpc) is 1.99. The van der Waals surface area contributed by atoms with Gasteiger partial charge in [0.2, 0.25) is 0 Å². The first-order chi connectivity index (χ1) is 5.85. The highest BCUT2D eigenvalue weighted by Gasteiger charge is 2.05. The van der Waals surface area contributed by atoms with Gasteiger partial charge < -0.3 is 4.90 Å². The van der Waals surface area contributed by atoms with Gasteiger partial charge in [0.05, 0.1) is 5.75 Å². The first-order valence-corrected chi connectivity index (χ1v) is 6.68. The predicted octanol–water partition coefficient (Wildman–Crippen LogP) is 0.449. The van der Waals surface area contributed by atoms with Crippen molar-refractivity contribution < 1.29 is 8.42 Å². The Balaban J connectivity index is 3.76. The van der Waals surface area contributed by atoms with E-state index in [0.29, 0.717) is 18.8 Å². The molecule has 0 N–H and O–H groups in total. The van der Waals surface area contributed by atoms with Crippen LogP contribution in [0.5, 0.6) is 0 Å². The quantitative estimate of drug-likeness (QED) is 0.525. The Kier molecular flexibility index (Phi) is 5.67. The molecule has 0 heterocycles. The summed E-state index contributed by atoms with van der Waals surface area (Å²) in [6.45, 7) is 5.04. The van der Waals surface area contributed by atoms with Gasteiger partial charge >= 0.3 is 0 Å². The molecule has 5 heteroatoms. The van der Waals surface area contributed by atoms with Crippen molar-refractivity contribution in [1.82, 2.24) is 4.90 Å². The lowest BCUT2D eigenvalue weighted by Crippen LogP contribution is -2.27. The smallest absolute Gasteiger partial charge is 0.148 e. The lowest BCUT2D eigenvalue weighted by atomic mass is 10.3. The van der Waals surface area contributed by atoms with Crippen LogP contribution in [0, 0.1) is 0 Å². The van der Waals surface area contributed by atoms with E-state index >= 15 is 0 Å². The summed E-state index contributed by atoms with van der Waals surface area (Å²) in [4.78, 5) is 1.93. The van der Waals surface area contributed by atoms with Gasteiger partial charge in [-0.15, -0.1) is 0 Å². The molecule has 0 aliphatic carbocycles. The lowest BCUT2D eigenvalue weighted by molar-refractivity contribution is 0.384. The van der Waals surface area contributed by atoms with E-state index in [0.717, 1.165) is 5.57 Å². The average molecular weight is 223 g/mol. The van der Waals surface area contributed by atoms with Gasteiger partial charge in [0.15, 0.2) is 0 Å². The maximum Gasteiger partial charge on any atom is 0.148 e. The number of hydrogen-bond acceptors (Lipinski definition) is 4. The molecule has 0 rings (SSSR count). The number of thiol groups is 1. The zero-order valence-electron chi connectivity index (χ0n) is 8.15. The van der Waals surface area contributed by atoms with Crippen molar-refractivity contribution in [3.05, 3.63) is 12.2 Å². The molecule has 0 aliphatic rings. The van der Waals surface area contributed by atoms with Gasteiger partial charge in [-0.05, 0) is 7.05 Å². The molecule has 0 amide bonds. The van der Waals surface area contributed by atoms with Gasteiger partial charge in [0, 0.05) is 25.1 Å². The topological polar surface area (TPSA) is 37.4 Å². The van der Waals surface area contributed by atoms with E-state index in [4.69, 9.17) is 0 Å². The van der Waals surface area contributed by atoms with Crippen LogP contribution in [-0.2, 0) is 9.84 Å². The largest absolute Gasteiger partial charge is 0.301 e. The summed E-state index contributed by atoms with van der Waals surface area (Å²) in [5, 5.41) is 0. The fourth-order valence-corrected chi connectivity index (χ4v) is 1.58. The molecule has 0 aromatic heterocycles. The van der Waals surface area contributed by atoms with Crippen LogP contribution < -0.4 is 0 Å². The number of nitrogens with zero attached hydrogens (tertiary/aromatic N) is 1. The Bertz CT molecular complexity index is 259. The van der Waals surface area contributed by atoms with Crippen molar-refractivity contribution in [3.8, 4) is 0 Å². The molecule has 0 aromatic carbocycles. The number of sulfone groups is 1. The van der Waals surface area contributed by atoms with Gasteiger partial charge in [-0.2, -0.15) is 12.6 Å². The van der Waals surface area contributed by atoms with Crippen molar-refractivity contribution in [1.29, 1.82) is 0 Å². The highest BCUT2D eigenvalue weighted by Crippen LogP contribution is 1.97. The highest BCUT2D eigenvalue weighted by molar-refractivity contribution is 7.90. The van der Waals surface area contributed by atoms with E-state index in [1.165, 1.54) is 6.26 Å². The first-order valence-electron chi connectivity index (χ1n) is 3.99. The number of hydrogen-bond donors (Lipinski definition) is 1. The second kappa shape index (κ2) is 5.67. The Morgan fingerprint density at radius 3 is 2.46 bits per heavy atom. The van der Waals surface area contributed by atoms with Crippen molar-refractivity contribution in [2.75, 3.05) is 37.9 Å². The van der Waals surface area contributed by atoms with Crippen LogP contribution in [0.4, 0.5) is 0 Å². The molecule has 0 saturated heterocycles. The van der Waals surface area contributed by atoms with Crippen LogP contribution in [0.25, 0.3) is 0 Å². The predicted molar refractivity (Wildman–Crippen MR) is 60.2 cm³/mol. The van der Waals surface area contributed by atoms with Gasteiger partial charge in [0.1, 0.15) is 9.84 Å². The second-order valence-corrected chi connectivity index (χ2v) is 5.85. The zero-order valence-corrected chi connectivity index (χ0v) is 9.87. The minimum atomic E-state index is -2.85. The Hall–Kier alpha value is -0.0000000000000000555. The molecule has 0 unspecified atom stereocenters. The third-order valence-corrected chi connectivity index (χ3v) is 2.93. The van der Waals surface area contributed by atoms with E-state index in [-0.39, 0.29) is 5.75 Å². The number of rotatable bonds is 6. The maximum atomic E-state index is 10.8.